The molecule has 0 bridgehead atoms. The first-order chi connectivity index (χ1) is 15.1. The van der Waals surface area contributed by atoms with E-state index in [0.29, 0.717) is 0 Å². The maximum Gasteiger partial charge on any atom is 0.0619 e. The van der Waals surface area contributed by atoms with Gasteiger partial charge in [-0.05, 0) is 46.5 Å². The summed E-state index contributed by atoms with van der Waals surface area (Å²) in [6.07, 6.45) is 0. The Morgan fingerprint density at radius 3 is 2.13 bits per heavy atom. The first-order valence-corrected chi connectivity index (χ1v) is 11.0. The van der Waals surface area contributed by atoms with E-state index >= 15 is 0 Å². The smallest absolute Gasteiger partial charge is 0.0619 e. The topological polar surface area (TPSA) is 4.93 Å². The van der Waals surface area contributed by atoms with E-state index in [2.05, 4.69) is 109 Å². The molecular weight excluding hydrogens is 398 g/mol. The van der Waals surface area contributed by atoms with Gasteiger partial charge in [0.2, 0.25) is 0 Å². The minimum atomic E-state index is -0.184. The number of para-hydroxylation sites is 1. The number of benzene rings is 4. The first kappa shape index (κ1) is 18.5. The van der Waals surface area contributed by atoms with E-state index in [-0.39, 0.29) is 5.41 Å². The van der Waals surface area contributed by atoms with Crippen molar-refractivity contribution in [1.82, 2.24) is 4.57 Å². The van der Waals surface area contributed by atoms with Crippen molar-refractivity contribution in [2.75, 3.05) is 0 Å². The number of hydrogen-bond donors (Lipinski definition) is 0. The molecule has 0 atom stereocenters. The summed E-state index contributed by atoms with van der Waals surface area (Å²) in [6.45, 7) is 4.58. The highest BCUT2D eigenvalue weighted by molar-refractivity contribution is 6.32. The van der Waals surface area contributed by atoms with Gasteiger partial charge in [-0.15, -0.1) is 0 Å². The highest BCUT2D eigenvalue weighted by Crippen LogP contribution is 2.55. The normalized spacial score (nSPS) is 13.9. The molecule has 1 aliphatic carbocycles. The van der Waals surface area contributed by atoms with Crippen molar-refractivity contribution in [1.29, 1.82) is 0 Å². The summed E-state index contributed by atoms with van der Waals surface area (Å²) in [5, 5.41) is 2.15. The number of aromatic nitrogens is 1. The molecule has 1 heterocycles. The van der Waals surface area contributed by atoms with Gasteiger partial charge < -0.3 is 4.57 Å². The molecule has 0 N–H and O–H groups in total. The fraction of sp³-hybridized carbons (Fsp3) is 0.103. The first-order valence-electron chi connectivity index (χ1n) is 10.7. The third kappa shape index (κ3) is 2.50. The van der Waals surface area contributed by atoms with Gasteiger partial charge in [0.1, 0.15) is 0 Å². The average Bonchev–Trinajstić information content (AvgIpc) is 3.14. The number of rotatable bonds is 2. The van der Waals surface area contributed by atoms with Gasteiger partial charge in [0, 0.05) is 27.1 Å². The van der Waals surface area contributed by atoms with Crippen molar-refractivity contribution < 1.29 is 0 Å². The van der Waals surface area contributed by atoms with Gasteiger partial charge in [0.05, 0.1) is 11.2 Å². The van der Waals surface area contributed by atoms with E-state index in [1.807, 2.05) is 6.07 Å². The monoisotopic (exact) mass is 419 g/mol. The van der Waals surface area contributed by atoms with E-state index in [9.17, 15) is 0 Å². The molecule has 1 aromatic heterocycles. The number of nitrogens with zero attached hydrogens (tertiary/aromatic N) is 1. The molecule has 4 aromatic carbocycles. The average molecular weight is 420 g/mol. The van der Waals surface area contributed by atoms with Crippen LogP contribution < -0.4 is 0 Å². The molecular formula is C29H22ClN. The Kier molecular flexibility index (Phi) is 3.94. The molecule has 0 amide bonds. The van der Waals surface area contributed by atoms with Crippen molar-refractivity contribution in [3.05, 3.63) is 113 Å². The number of halogens is 1. The molecule has 0 fully saturated rings. The predicted octanol–water partition coefficient (Wildman–Crippen LogP) is 8.26. The van der Waals surface area contributed by atoms with Crippen molar-refractivity contribution in [3.63, 3.8) is 0 Å². The van der Waals surface area contributed by atoms with Crippen molar-refractivity contribution >= 4 is 22.5 Å². The molecule has 1 aliphatic rings. The minimum Gasteiger partial charge on any atom is -0.309 e. The summed E-state index contributed by atoms with van der Waals surface area (Å²) in [6, 6.07) is 34.4. The lowest BCUT2D eigenvalue weighted by Crippen LogP contribution is -2.23. The second kappa shape index (κ2) is 6.60. The molecule has 150 valence electrons. The molecule has 2 heteroatoms. The maximum absolute atomic E-state index is 6.84. The number of hydrogen-bond acceptors (Lipinski definition) is 0. The zero-order chi connectivity index (χ0) is 21.2. The van der Waals surface area contributed by atoms with Crippen molar-refractivity contribution in [2.45, 2.75) is 19.3 Å². The molecule has 5 aromatic rings. The van der Waals surface area contributed by atoms with Crippen LogP contribution in [0, 0.1) is 0 Å². The second-order valence-corrected chi connectivity index (χ2v) is 9.15. The molecule has 0 unspecified atom stereocenters. The summed E-state index contributed by atoms with van der Waals surface area (Å²) in [4.78, 5) is 0. The zero-order valence-corrected chi connectivity index (χ0v) is 18.3. The van der Waals surface area contributed by atoms with Crippen LogP contribution in [-0.4, -0.2) is 4.57 Å². The van der Waals surface area contributed by atoms with Crippen LogP contribution in [0.3, 0.4) is 0 Å². The van der Waals surface area contributed by atoms with Gasteiger partial charge in [-0.2, -0.15) is 0 Å². The fourth-order valence-electron chi connectivity index (χ4n) is 5.34. The minimum absolute atomic E-state index is 0.184. The fourth-order valence-corrected chi connectivity index (χ4v) is 5.75. The molecule has 1 nitrogen and oxygen atoms in total. The largest absolute Gasteiger partial charge is 0.309 e. The highest BCUT2D eigenvalue weighted by atomic mass is 35.5. The van der Waals surface area contributed by atoms with E-state index < -0.39 is 0 Å². The predicted molar refractivity (Wildman–Crippen MR) is 131 cm³/mol. The summed E-state index contributed by atoms with van der Waals surface area (Å²) >= 11 is 6.84. The van der Waals surface area contributed by atoms with Crippen LogP contribution in [-0.2, 0) is 5.41 Å². The van der Waals surface area contributed by atoms with E-state index in [0.717, 1.165) is 10.7 Å². The molecule has 0 saturated heterocycles. The molecule has 0 spiro atoms. The lowest BCUT2D eigenvalue weighted by Gasteiger charge is -2.34. The van der Waals surface area contributed by atoms with E-state index in [1.54, 1.807) is 0 Å². The lowest BCUT2D eigenvalue weighted by molar-refractivity contribution is 0.646. The molecule has 6 rings (SSSR count). The van der Waals surface area contributed by atoms with E-state index in [1.165, 1.54) is 44.4 Å². The summed E-state index contributed by atoms with van der Waals surface area (Å²) < 4.78 is 2.41. The maximum atomic E-state index is 6.84. The Morgan fingerprint density at radius 1 is 0.710 bits per heavy atom. The van der Waals surface area contributed by atoms with E-state index in [4.69, 9.17) is 11.6 Å². The Balaban J connectivity index is 1.89. The quantitative estimate of drug-likeness (QED) is 0.271. The lowest BCUT2D eigenvalue weighted by atomic mass is 9.69. The number of fused-ring (bicyclic) bond motifs is 2. The summed E-state index contributed by atoms with van der Waals surface area (Å²) in [5.74, 6) is 0. The van der Waals surface area contributed by atoms with Crippen LogP contribution in [0.25, 0.3) is 39.0 Å². The molecule has 0 radical (unpaired) electrons. The zero-order valence-electron chi connectivity index (χ0n) is 17.6. The van der Waals surface area contributed by atoms with Gasteiger partial charge in [-0.3, -0.25) is 0 Å². The Bertz CT molecular complexity index is 1440. The van der Waals surface area contributed by atoms with Gasteiger partial charge in [-0.1, -0.05) is 98.2 Å². The highest BCUT2D eigenvalue weighted by Gasteiger charge is 2.38. The van der Waals surface area contributed by atoms with Crippen LogP contribution in [0.1, 0.15) is 25.0 Å². The Labute approximate surface area is 187 Å². The molecule has 0 aliphatic heterocycles. The summed E-state index contributed by atoms with van der Waals surface area (Å²) in [7, 11) is 0. The summed E-state index contributed by atoms with van der Waals surface area (Å²) in [5.41, 5.74) is 9.67. The van der Waals surface area contributed by atoms with Gasteiger partial charge >= 0.3 is 0 Å². The van der Waals surface area contributed by atoms with Crippen LogP contribution in [0.2, 0.25) is 5.02 Å². The van der Waals surface area contributed by atoms with Crippen LogP contribution in [0.5, 0.6) is 0 Å². The molecule has 31 heavy (non-hydrogen) atoms. The van der Waals surface area contributed by atoms with Crippen molar-refractivity contribution in [3.8, 4) is 28.1 Å². The second-order valence-electron chi connectivity index (χ2n) is 8.75. The SMILES string of the molecule is CC1(C)c2c(Cl)cccc2-c2c(-c3ccccc3)n(-c3ccccc3)c3cccc1c23. The van der Waals surface area contributed by atoms with Crippen LogP contribution >= 0.6 is 11.6 Å². The van der Waals surface area contributed by atoms with Crippen LogP contribution in [0.15, 0.2) is 97.1 Å². The van der Waals surface area contributed by atoms with Gasteiger partial charge in [-0.25, -0.2) is 0 Å². The molecule has 0 saturated carbocycles. The van der Waals surface area contributed by atoms with Crippen LogP contribution in [0.4, 0.5) is 0 Å². The van der Waals surface area contributed by atoms with Gasteiger partial charge in [0.25, 0.3) is 0 Å². The Morgan fingerprint density at radius 2 is 1.39 bits per heavy atom. The Hall–Kier alpha value is -3.29. The van der Waals surface area contributed by atoms with Crippen molar-refractivity contribution in [2.24, 2.45) is 0 Å². The third-order valence-electron chi connectivity index (χ3n) is 6.64. The van der Waals surface area contributed by atoms with Gasteiger partial charge in [0.15, 0.2) is 0 Å². The standard InChI is InChI=1S/C29H22ClN/c1-29(2)22-16-10-18-24-26(22)25(21-15-9-17-23(30)27(21)29)28(19-11-5-3-6-12-19)31(24)20-13-7-4-8-14-20/h3-18H,1-2H3. The third-order valence-corrected chi connectivity index (χ3v) is 6.95.